The van der Waals surface area contributed by atoms with Crippen LogP contribution < -0.4 is 0 Å². The van der Waals surface area contributed by atoms with E-state index in [0.29, 0.717) is 6.42 Å². The zero-order valence-electron chi connectivity index (χ0n) is 8.81. The van der Waals surface area contributed by atoms with Gasteiger partial charge in [-0.25, -0.2) is 0 Å². The molecule has 0 aliphatic carbocycles. The van der Waals surface area contributed by atoms with Crippen LogP contribution in [0.3, 0.4) is 0 Å². The molecule has 0 saturated carbocycles. The zero-order valence-corrected chi connectivity index (χ0v) is 10.4. The minimum absolute atomic E-state index is 0.689. The molecule has 0 bridgehead atoms. The van der Waals surface area contributed by atoms with Gasteiger partial charge in [0.1, 0.15) is 0 Å². The first-order chi connectivity index (χ1) is 7.09. The summed E-state index contributed by atoms with van der Waals surface area (Å²) in [6, 6.07) is 8.09. The molecule has 0 radical (unpaired) electrons. The highest BCUT2D eigenvalue weighted by atomic mass is 79.9. The van der Waals surface area contributed by atoms with Crippen molar-refractivity contribution in [2.45, 2.75) is 13.3 Å². The summed E-state index contributed by atoms with van der Waals surface area (Å²) in [7, 11) is 0. The van der Waals surface area contributed by atoms with Crippen LogP contribution in [0.1, 0.15) is 18.9 Å². The third kappa shape index (κ3) is 4.18. The molecule has 0 heterocycles. The van der Waals surface area contributed by atoms with E-state index in [9.17, 15) is 0 Å². The van der Waals surface area contributed by atoms with Crippen molar-refractivity contribution in [2.75, 3.05) is 0 Å². The van der Waals surface area contributed by atoms with Crippen LogP contribution in [-0.4, -0.2) is 0 Å². The average molecular weight is 261 g/mol. The first kappa shape index (κ1) is 11.8. The third-order valence-corrected chi connectivity index (χ3v) is 2.38. The molecule has 1 rings (SSSR count). The van der Waals surface area contributed by atoms with Crippen LogP contribution in [-0.2, 0) is 0 Å². The molecule has 1 aromatic carbocycles. The number of hydrogen-bond donors (Lipinski definition) is 0. The Morgan fingerprint density at radius 2 is 1.87 bits per heavy atom. The molecule has 1 heteroatoms. The largest absolute Gasteiger partial charge is 0.0943 e. The van der Waals surface area contributed by atoms with Gasteiger partial charge in [-0.1, -0.05) is 53.1 Å². The van der Waals surface area contributed by atoms with E-state index in [1.54, 1.807) is 0 Å². The van der Waals surface area contributed by atoms with Crippen LogP contribution in [0.2, 0.25) is 0 Å². The fourth-order valence-corrected chi connectivity index (χ4v) is 1.35. The Morgan fingerprint density at radius 3 is 2.40 bits per heavy atom. The summed E-state index contributed by atoms with van der Waals surface area (Å²) < 4.78 is 1.08. The SMILES string of the molecule is C=C(C)C#CCC(=C)c1ccc(Br)cc1. The summed E-state index contributed by atoms with van der Waals surface area (Å²) in [5.74, 6) is 5.98. The van der Waals surface area contributed by atoms with Crippen LogP contribution in [0.5, 0.6) is 0 Å². The molecule has 0 atom stereocenters. The molecule has 0 saturated heterocycles. The maximum absolute atomic E-state index is 4.00. The van der Waals surface area contributed by atoms with Gasteiger partial charge < -0.3 is 0 Å². The predicted molar refractivity (Wildman–Crippen MR) is 70.4 cm³/mol. The second kappa shape index (κ2) is 5.58. The van der Waals surface area contributed by atoms with E-state index >= 15 is 0 Å². The molecule has 15 heavy (non-hydrogen) atoms. The van der Waals surface area contributed by atoms with E-state index in [-0.39, 0.29) is 0 Å². The van der Waals surface area contributed by atoms with E-state index in [2.05, 4.69) is 40.9 Å². The molecule has 0 aliphatic rings. The third-order valence-electron chi connectivity index (χ3n) is 1.86. The minimum atomic E-state index is 0.689. The molecule has 0 aromatic heterocycles. The Balaban J connectivity index is 2.67. The van der Waals surface area contributed by atoms with Crippen molar-refractivity contribution in [1.82, 2.24) is 0 Å². The van der Waals surface area contributed by atoms with Crippen molar-refractivity contribution >= 4 is 21.5 Å². The van der Waals surface area contributed by atoms with Crippen molar-refractivity contribution < 1.29 is 0 Å². The fourth-order valence-electron chi connectivity index (χ4n) is 1.09. The van der Waals surface area contributed by atoms with Gasteiger partial charge in [-0.3, -0.25) is 0 Å². The van der Waals surface area contributed by atoms with Gasteiger partial charge in [0.2, 0.25) is 0 Å². The van der Waals surface area contributed by atoms with Crippen molar-refractivity contribution in [1.29, 1.82) is 0 Å². The summed E-state index contributed by atoms with van der Waals surface area (Å²) in [4.78, 5) is 0. The Hall–Kier alpha value is -1.26. The number of allylic oxidation sites excluding steroid dienone is 2. The van der Waals surface area contributed by atoms with E-state index in [1.165, 1.54) is 0 Å². The van der Waals surface area contributed by atoms with Gasteiger partial charge in [-0.05, 0) is 35.8 Å². The van der Waals surface area contributed by atoms with Gasteiger partial charge in [0, 0.05) is 10.9 Å². The van der Waals surface area contributed by atoms with Crippen molar-refractivity contribution in [2.24, 2.45) is 0 Å². The van der Waals surface area contributed by atoms with Crippen LogP contribution in [0.25, 0.3) is 5.57 Å². The van der Waals surface area contributed by atoms with Gasteiger partial charge in [-0.15, -0.1) is 0 Å². The van der Waals surface area contributed by atoms with E-state index in [0.717, 1.165) is 21.2 Å². The monoisotopic (exact) mass is 260 g/mol. The smallest absolute Gasteiger partial charge is 0.0344 e. The molecule has 0 nitrogen and oxygen atoms in total. The lowest BCUT2D eigenvalue weighted by Crippen LogP contribution is -1.80. The van der Waals surface area contributed by atoms with Crippen LogP contribution in [0.4, 0.5) is 0 Å². The molecule has 1 aromatic rings. The molecule has 0 aliphatic heterocycles. The van der Waals surface area contributed by atoms with Gasteiger partial charge >= 0.3 is 0 Å². The Bertz CT molecular complexity index is 427. The van der Waals surface area contributed by atoms with E-state index in [4.69, 9.17) is 0 Å². The van der Waals surface area contributed by atoms with Crippen LogP contribution in [0.15, 0.2) is 47.5 Å². The molecule has 76 valence electrons. The molecule has 0 amide bonds. The Kier molecular flexibility index (Phi) is 4.39. The quantitative estimate of drug-likeness (QED) is 0.691. The summed E-state index contributed by atoms with van der Waals surface area (Å²) in [6.07, 6.45) is 0.689. The van der Waals surface area contributed by atoms with E-state index < -0.39 is 0 Å². The highest BCUT2D eigenvalue weighted by Crippen LogP contribution is 2.18. The molecule has 0 spiro atoms. The van der Waals surface area contributed by atoms with Gasteiger partial charge in [0.15, 0.2) is 0 Å². The number of benzene rings is 1. The predicted octanol–water partition coefficient (Wildman–Crippen LogP) is 4.43. The van der Waals surface area contributed by atoms with E-state index in [1.807, 2.05) is 31.2 Å². The number of halogens is 1. The highest BCUT2D eigenvalue weighted by Gasteiger charge is 1.96. The lowest BCUT2D eigenvalue weighted by molar-refractivity contribution is 1.44. The van der Waals surface area contributed by atoms with Crippen molar-refractivity contribution in [3.63, 3.8) is 0 Å². The summed E-state index contributed by atoms with van der Waals surface area (Å²) in [5, 5.41) is 0. The normalized spacial score (nSPS) is 8.93. The molecule has 0 unspecified atom stereocenters. The Labute approximate surface area is 99.8 Å². The second-order valence-electron chi connectivity index (χ2n) is 3.37. The zero-order chi connectivity index (χ0) is 11.3. The molecule has 0 fully saturated rings. The fraction of sp³-hybridized carbons (Fsp3) is 0.143. The molecular weight excluding hydrogens is 248 g/mol. The first-order valence-corrected chi connectivity index (χ1v) is 5.47. The van der Waals surface area contributed by atoms with Crippen molar-refractivity contribution in [3.05, 3.63) is 53.0 Å². The first-order valence-electron chi connectivity index (χ1n) is 4.67. The van der Waals surface area contributed by atoms with Gasteiger partial charge in [0.25, 0.3) is 0 Å². The van der Waals surface area contributed by atoms with Gasteiger partial charge in [0.05, 0.1) is 0 Å². The number of hydrogen-bond acceptors (Lipinski definition) is 0. The lowest BCUT2D eigenvalue weighted by Gasteiger charge is -2.01. The molecular formula is C14H13Br. The van der Waals surface area contributed by atoms with Crippen LogP contribution in [0, 0.1) is 11.8 Å². The van der Waals surface area contributed by atoms with Crippen LogP contribution >= 0.6 is 15.9 Å². The Morgan fingerprint density at radius 1 is 1.27 bits per heavy atom. The summed E-state index contributed by atoms with van der Waals surface area (Å²) in [5.41, 5.74) is 3.06. The lowest BCUT2D eigenvalue weighted by atomic mass is 10.1. The second-order valence-corrected chi connectivity index (χ2v) is 4.29. The maximum Gasteiger partial charge on any atom is 0.0344 e. The molecule has 0 N–H and O–H groups in total. The number of rotatable bonds is 2. The summed E-state index contributed by atoms with van der Waals surface area (Å²) >= 11 is 3.40. The highest BCUT2D eigenvalue weighted by molar-refractivity contribution is 9.10. The maximum atomic E-state index is 4.00. The van der Waals surface area contributed by atoms with Gasteiger partial charge in [-0.2, -0.15) is 0 Å². The summed E-state index contributed by atoms with van der Waals surface area (Å²) in [6.45, 7) is 9.63. The minimum Gasteiger partial charge on any atom is -0.0943 e. The average Bonchev–Trinajstić information content (AvgIpc) is 2.18. The van der Waals surface area contributed by atoms with Crippen molar-refractivity contribution in [3.8, 4) is 11.8 Å². The standard InChI is InChI=1S/C14H13Br/c1-11(2)5-4-6-12(3)13-7-9-14(15)10-8-13/h7-10H,1,3,6H2,2H3. The topological polar surface area (TPSA) is 0 Å².